The van der Waals surface area contributed by atoms with Gasteiger partial charge in [-0.25, -0.2) is 0 Å². The van der Waals surface area contributed by atoms with Gasteiger partial charge in [-0.05, 0) is 42.7 Å². The van der Waals surface area contributed by atoms with Gasteiger partial charge in [-0.2, -0.15) is 0 Å². The van der Waals surface area contributed by atoms with Crippen molar-refractivity contribution in [1.29, 1.82) is 0 Å². The minimum absolute atomic E-state index is 0.0483. The molecule has 0 N–H and O–H groups in total. The fraction of sp³-hybridized carbons (Fsp3) is 0.304. The number of hydrogen-bond donors (Lipinski definition) is 0. The molecular formula is C23H25N3O. The van der Waals surface area contributed by atoms with E-state index >= 15 is 0 Å². The lowest BCUT2D eigenvalue weighted by atomic mass is 10.0. The molecule has 0 radical (unpaired) electrons. The first-order chi connectivity index (χ1) is 13.0. The molecule has 1 fully saturated rings. The van der Waals surface area contributed by atoms with Crippen molar-refractivity contribution in [3.05, 3.63) is 71.4 Å². The van der Waals surface area contributed by atoms with E-state index in [1.54, 1.807) is 4.90 Å². The minimum Gasteiger partial charge on any atom is -0.378 e. The van der Waals surface area contributed by atoms with Crippen molar-refractivity contribution in [3.8, 4) is 0 Å². The average molecular weight is 359 g/mol. The number of pyridine rings is 1. The van der Waals surface area contributed by atoms with Crippen LogP contribution in [0.3, 0.4) is 0 Å². The molecule has 0 bridgehead atoms. The molecule has 1 aliphatic carbocycles. The van der Waals surface area contributed by atoms with Gasteiger partial charge in [0.05, 0.1) is 11.1 Å². The van der Waals surface area contributed by atoms with Gasteiger partial charge in [0.1, 0.15) is 0 Å². The van der Waals surface area contributed by atoms with Crippen LogP contribution < -0.4 is 4.90 Å². The third kappa shape index (κ3) is 3.65. The van der Waals surface area contributed by atoms with Crippen molar-refractivity contribution < 1.29 is 4.79 Å². The molecule has 0 aliphatic heterocycles. The number of aromatic nitrogens is 1. The number of amides is 1. The molecule has 0 saturated heterocycles. The van der Waals surface area contributed by atoms with Gasteiger partial charge in [-0.3, -0.25) is 9.78 Å². The largest absolute Gasteiger partial charge is 0.378 e. The molecule has 1 aromatic heterocycles. The third-order valence-electron chi connectivity index (χ3n) is 5.18. The van der Waals surface area contributed by atoms with Gasteiger partial charge < -0.3 is 9.80 Å². The molecule has 1 amide bonds. The molecule has 27 heavy (non-hydrogen) atoms. The van der Waals surface area contributed by atoms with E-state index in [0.29, 0.717) is 12.5 Å². The number of carbonyl (C=O) groups is 1. The van der Waals surface area contributed by atoms with Crippen LogP contribution in [-0.2, 0) is 6.54 Å². The van der Waals surface area contributed by atoms with Crippen molar-refractivity contribution in [3.63, 3.8) is 0 Å². The standard InChI is InChI=1S/C23H25N3O/c1-25(2)18-12-8-16(9-13-18)15-26(3)23(27)20-14-22(17-10-11-17)24-21-7-5-4-6-19(20)21/h4-9,12-14,17H,10-11,15H2,1-3H3. The highest BCUT2D eigenvalue weighted by molar-refractivity contribution is 6.06. The van der Waals surface area contributed by atoms with E-state index in [4.69, 9.17) is 4.98 Å². The third-order valence-corrected chi connectivity index (χ3v) is 5.18. The Balaban J connectivity index is 1.61. The maximum atomic E-state index is 13.2. The molecular weight excluding hydrogens is 334 g/mol. The highest BCUT2D eigenvalue weighted by Crippen LogP contribution is 2.40. The van der Waals surface area contributed by atoms with E-state index in [1.807, 2.05) is 51.5 Å². The van der Waals surface area contributed by atoms with Gasteiger partial charge in [0.2, 0.25) is 0 Å². The van der Waals surface area contributed by atoms with Crippen LogP contribution in [-0.4, -0.2) is 36.9 Å². The lowest BCUT2D eigenvalue weighted by Crippen LogP contribution is -2.26. The first-order valence-corrected chi connectivity index (χ1v) is 9.44. The quantitative estimate of drug-likeness (QED) is 0.675. The fourth-order valence-electron chi connectivity index (χ4n) is 3.41. The van der Waals surface area contributed by atoms with Crippen LogP contribution in [0.4, 0.5) is 5.69 Å². The van der Waals surface area contributed by atoms with Gasteiger partial charge >= 0.3 is 0 Å². The number of hydrogen-bond acceptors (Lipinski definition) is 3. The predicted octanol–water partition coefficient (Wildman–Crippen LogP) is 4.45. The molecule has 0 unspecified atom stereocenters. The second-order valence-electron chi connectivity index (χ2n) is 7.61. The maximum absolute atomic E-state index is 13.2. The number of rotatable bonds is 5. The number of nitrogens with zero attached hydrogens (tertiary/aromatic N) is 3. The summed E-state index contributed by atoms with van der Waals surface area (Å²) in [5.41, 5.74) is 5.00. The van der Waals surface area contributed by atoms with Crippen LogP contribution in [0.5, 0.6) is 0 Å². The summed E-state index contributed by atoms with van der Waals surface area (Å²) in [6.45, 7) is 0.585. The van der Waals surface area contributed by atoms with Gasteiger partial charge in [0.25, 0.3) is 5.91 Å². The Hall–Kier alpha value is -2.88. The van der Waals surface area contributed by atoms with Gasteiger partial charge in [-0.1, -0.05) is 30.3 Å². The van der Waals surface area contributed by atoms with Crippen LogP contribution >= 0.6 is 0 Å². The smallest absolute Gasteiger partial charge is 0.254 e. The van der Waals surface area contributed by atoms with E-state index in [-0.39, 0.29) is 5.91 Å². The number of anilines is 1. The van der Waals surface area contributed by atoms with E-state index in [2.05, 4.69) is 29.2 Å². The molecule has 1 heterocycles. The summed E-state index contributed by atoms with van der Waals surface area (Å²) in [6, 6.07) is 18.3. The molecule has 4 rings (SSSR count). The van der Waals surface area contributed by atoms with Gasteiger partial charge in [0, 0.05) is 50.4 Å². The van der Waals surface area contributed by atoms with Crippen molar-refractivity contribution in [2.75, 3.05) is 26.0 Å². The van der Waals surface area contributed by atoms with Crippen molar-refractivity contribution >= 4 is 22.5 Å². The Morgan fingerprint density at radius 2 is 1.74 bits per heavy atom. The lowest BCUT2D eigenvalue weighted by molar-refractivity contribution is 0.0787. The summed E-state index contributed by atoms with van der Waals surface area (Å²) in [6.07, 6.45) is 2.35. The molecule has 0 spiro atoms. The molecule has 1 saturated carbocycles. The van der Waals surface area contributed by atoms with Crippen LogP contribution in [0.15, 0.2) is 54.6 Å². The Morgan fingerprint density at radius 3 is 2.41 bits per heavy atom. The van der Waals surface area contributed by atoms with Crippen molar-refractivity contribution in [2.45, 2.75) is 25.3 Å². The zero-order chi connectivity index (χ0) is 19.0. The molecule has 4 nitrogen and oxygen atoms in total. The van der Waals surface area contributed by atoms with E-state index in [0.717, 1.165) is 33.4 Å². The monoisotopic (exact) mass is 359 g/mol. The van der Waals surface area contributed by atoms with Crippen molar-refractivity contribution in [1.82, 2.24) is 9.88 Å². The van der Waals surface area contributed by atoms with E-state index < -0.39 is 0 Å². The first-order valence-electron chi connectivity index (χ1n) is 9.44. The van der Waals surface area contributed by atoms with Gasteiger partial charge in [-0.15, -0.1) is 0 Å². The highest BCUT2D eigenvalue weighted by atomic mass is 16.2. The van der Waals surface area contributed by atoms with Crippen LogP contribution in [0.25, 0.3) is 10.9 Å². The maximum Gasteiger partial charge on any atom is 0.254 e. The fourth-order valence-corrected chi connectivity index (χ4v) is 3.41. The minimum atomic E-state index is 0.0483. The summed E-state index contributed by atoms with van der Waals surface area (Å²) >= 11 is 0. The topological polar surface area (TPSA) is 36.4 Å². The van der Waals surface area contributed by atoms with Crippen LogP contribution in [0, 0.1) is 0 Å². The van der Waals surface area contributed by atoms with Crippen LogP contribution in [0.1, 0.15) is 40.4 Å². The average Bonchev–Trinajstić information content (AvgIpc) is 3.52. The molecule has 3 aromatic rings. The Labute approximate surface area is 160 Å². The molecule has 1 aliphatic rings. The van der Waals surface area contributed by atoms with Gasteiger partial charge in [0.15, 0.2) is 0 Å². The second kappa shape index (κ2) is 7.03. The SMILES string of the molecule is CN(Cc1ccc(N(C)C)cc1)C(=O)c1cc(C2CC2)nc2ccccc12. The lowest BCUT2D eigenvalue weighted by Gasteiger charge is -2.20. The Bertz CT molecular complexity index is 975. The summed E-state index contributed by atoms with van der Waals surface area (Å²) in [4.78, 5) is 21.9. The van der Waals surface area contributed by atoms with E-state index in [1.165, 1.54) is 12.8 Å². The summed E-state index contributed by atoms with van der Waals surface area (Å²) in [5.74, 6) is 0.567. The molecule has 4 heteroatoms. The Kier molecular flexibility index (Phi) is 4.56. The number of benzene rings is 2. The number of fused-ring (bicyclic) bond motifs is 1. The zero-order valence-electron chi connectivity index (χ0n) is 16.1. The molecule has 2 aromatic carbocycles. The second-order valence-corrected chi connectivity index (χ2v) is 7.61. The molecule has 138 valence electrons. The Morgan fingerprint density at radius 1 is 1.04 bits per heavy atom. The summed E-state index contributed by atoms with van der Waals surface area (Å²) in [7, 11) is 5.92. The number of carbonyl (C=O) groups excluding carboxylic acids is 1. The van der Waals surface area contributed by atoms with Crippen molar-refractivity contribution in [2.24, 2.45) is 0 Å². The highest BCUT2D eigenvalue weighted by Gasteiger charge is 2.27. The van der Waals surface area contributed by atoms with E-state index in [9.17, 15) is 4.79 Å². The molecule has 0 atom stereocenters. The summed E-state index contributed by atoms with van der Waals surface area (Å²) < 4.78 is 0. The predicted molar refractivity (Wildman–Crippen MR) is 110 cm³/mol. The normalized spacial score (nSPS) is 13.6. The first kappa shape index (κ1) is 17.5. The zero-order valence-corrected chi connectivity index (χ0v) is 16.1. The number of para-hydroxylation sites is 1. The van der Waals surface area contributed by atoms with Crippen LogP contribution in [0.2, 0.25) is 0 Å². The summed E-state index contributed by atoms with van der Waals surface area (Å²) in [5, 5.41) is 0.932.